The van der Waals surface area contributed by atoms with Crippen LogP contribution in [0.3, 0.4) is 0 Å². The predicted octanol–water partition coefficient (Wildman–Crippen LogP) is 2.38. The molecule has 4 rings (SSSR count). The van der Waals surface area contributed by atoms with Gasteiger partial charge in [0.25, 0.3) is 5.91 Å². The summed E-state index contributed by atoms with van der Waals surface area (Å²) in [4.78, 5) is 32.9. The molecule has 0 saturated carbocycles. The molecule has 1 unspecified atom stereocenters. The molecule has 7 heteroatoms. The summed E-state index contributed by atoms with van der Waals surface area (Å²) in [5.74, 6) is 3.10. The quantitative estimate of drug-likeness (QED) is 0.815. The molecular formula is C21H28N6O. The van der Waals surface area contributed by atoms with Crippen molar-refractivity contribution in [3.05, 3.63) is 42.0 Å². The third-order valence-corrected chi connectivity index (χ3v) is 5.56. The van der Waals surface area contributed by atoms with E-state index < -0.39 is 0 Å². The Labute approximate surface area is 166 Å². The van der Waals surface area contributed by atoms with Crippen molar-refractivity contribution < 1.29 is 4.79 Å². The number of hydrogen-bond donors (Lipinski definition) is 0. The standard InChI is InChI=1S/C21H28N6O/c1-16-6-5-9-27(15-16)21(28)18-14-20(24-17(2)23-18)26-12-10-25(11-13-26)19-7-3-4-8-22-19/h3-4,7-8,14,16H,5-6,9-13,15H2,1-2H3. The van der Waals surface area contributed by atoms with Crippen LogP contribution in [0.2, 0.25) is 0 Å². The molecule has 148 valence electrons. The molecule has 7 nitrogen and oxygen atoms in total. The number of carbonyl (C=O) groups excluding carboxylic acids is 1. The van der Waals surface area contributed by atoms with Gasteiger partial charge in [-0.25, -0.2) is 15.0 Å². The molecule has 0 bridgehead atoms. The van der Waals surface area contributed by atoms with Gasteiger partial charge in [-0.1, -0.05) is 13.0 Å². The van der Waals surface area contributed by atoms with Crippen LogP contribution in [0.4, 0.5) is 11.6 Å². The zero-order chi connectivity index (χ0) is 19.5. The molecule has 0 aromatic carbocycles. The number of piperidine rings is 1. The van der Waals surface area contributed by atoms with Gasteiger partial charge in [0, 0.05) is 51.5 Å². The highest BCUT2D eigenvalue weighted by atomic mass is 16.2. The van der Waals surface area contributed by atoms with Crippen molar-refractivity contribution in [2.45, 2.75) is 26.7 Å². The Morgan fingerprint density at radius 1 is 1.04 bits per heavy atom. The summed E-state index contributed by atoms with van der Waals surface area (Å²) in [6.45, 7) is 9.17. The third-order valence-electron chi connectivity index (χ3n) is 5.56. The number of piperazine rings is 1. The van der Waals surface area contributed by atoms with E-state index in [-0.39, 0.29) is 5.91 Å². The Bertz CT molecular complexity index is 819. The van der Waals surface area contributed by atoms with Crippen molar-refractivity contribution in [3.8, 4) is 0 Å². The minimum atomic E-state index is 0.0328. The summed E-state index contributed by atoms with van der Waals surface area (Å²) in [5, 5.41) is 0. The molecule has 2 fully saturated rings. The lowest BCUT2D eigenvalue weighted by Gasteiger charge is -2.36. The van der Waals surface area contributed by atoms with Gasteiger partial charge in [0.1, 0.15) is 23.2 Å². The van der Waals surface area contributed by atoms with Gasteiger partial charge in [0.05, 0.1) is 0 Å². The number of aromatic nitrogens is 3. The van der Waals surface area contributed by atoms with Crippen molar-refractivity contribution in [2.24, 2.45) is 5.92 Å². The van der Waals surface area contributed by atoms with Gasteiger partial charge in [-0.2, -0.15) is 0 Å². The summed E-state index contributed by atoms with van der Waals surface area (Å²) < 4.78 is 0. The van der Waals surface area contributed by atoms with Crippen molar-refractivity contribution in [2.75, 3.05) is 49.1 Å². The van der Waals surface area contributed by atoms with Crippen LogP contribution >= 0.6 is 0 Å². The van der Waals surface area contributed by atoms with Gasteiger partial charge < -0.3 is 14.7 Å². The Morgan fingerprint density at radius 2 is 1.79 bits per heavy atom. The van der Waals surface area contributed by atoms with Crippen LogP contribution in [0, 0.1) is 12.8 Å². The molecule has 1 amide bonds. The fourth-order valence-corrected chi connectivity index (χ4v) is 4.06. The molecule has 0 N–H and O–H groups in total. The van der Waals surface area contributed by atoms with Crippen LogP contribution < -0.4 is 9.80 Å². The first-order chi connectivity index (χ1) is 13.6. The van der Waals surface area contributed by atoms with E-state index in [0.717, 1.165) is 57.3 Å². The number of aryl methyl sites for hydroxylation is 1. The molecule has 0 radical (unpaired) electrons. The van der Waals surface area contributed by atoms with Crippen LogP contribution in [0.5, 0.6) is 0 Å². The summed E-state index contributed by atoms with van der Waals surface area (Å²) in [7, 11) is 0. The second kappa shape index (κ2) is 8.12. The monoisotopic (exact) mass is 380 g/mol. The molecule has 2 aromatic rings. The molecule has 1 atom stereocenters. The summed E-state index contributed by atoms with van der Waals surface area (Å²) in [6, 6.07) is 7.86. The van der Waals surface area contributed by atoms with Gasteiger partial charge in [0.15, 0.2) is 0 Å². The number of carbonyl (C=O) groups is 1. The maximum absolute atomic E-state index is 13.0. The summed E-state index contributed by atoms with van der Waals surface area (Å²) in [6.07, 6.45) is 4.09. The van der Waals surface area contributed by atoms with Gasteiger partial charge in [-0.15, -0.1) is 0 Å². The Kier molecular flexibility index (Phi) is 5.41. The second-order valence-corrected chi connectivity index (χ2v) is 7.82. The maximum atomic E-state index is 13.0. The Morgan fingerprint density at radius 3 is 2.46 bits per heavy atom. The van der Waals surface area contributed by atoms with Gasteiger partial charge >= 0.3 is 0 Å². The number of hydrogen-bond acceptors (Lipinski definition) is 6. The second-order valence-electron chi connectivity index (χ2n) is 7.82. The molecule has 2 aliphatic rings. The molecule has 2 aliphatic heterocycles. The van der Waals surface area contributed by atoms with Crippen LogP contribution in [0.25, 0.3) is 0 Å². The van der Waals surface area contributed by atoms with Crippen molar-refractivity contribution in [3.63, 3.8) is 0 Å². The number of anilines is 2. The first-order valence-electron chi connectivity index (χ1n) is 10.2. The zero-order valence-electron chi connectivity index (χ0n) is 16.7. The molecule has 0 spiro atoms. The van der Waals surface area contributed by atoms with E-state index in [1.54, 1.807) is 0 Å². The van der Waals surface area contributed by atoms with Crippen LogP contribution in [0.15, 0.2) is 30.5 Å². The topological polar surface area (TPSA) is 65.5 Å². The summed E-state index contributed by atoms with van der Waals surface area (Å²) in [5.41, 5.74) is 0.517. The highest BCUT2D eigenvalue weighted by Gasteiger charge is 2.25. The van der Waals surface area contributed by atoms with Crippen molar-refractivity contribution >= 4 is 17.5 Å². The Hall–Kier alpha value is -2.70. The lowest BCUT2D eigenvalue weighted by Crippen LogP contribution is -2.47. The van der Waals surface area contributed by atoms with Crippen LogP contribution in [-0.2, 0) is 0 Å². The summed E-state index contributed by atoms with van der Waals surface area (Å²) >= 11 is 0. The smallest absolute Gasteiger partial charge is 0.272 e. The average molecular weight is 380 g/mol. The Balaban J connectivity index is 1.46. The van der Waals surface area contributed by atoms with Crippen LogP contribution in [0.1, 0.15) is 36.1 Å². The highest BCUT2D eigenvalue weighted by Crippen LogP contribution is 2.21. The maximum Gasteiger partial charge on any atom is 0.272 e. The minimum absolute atomic E-state index is 0.0328. The minimum Gasteiger partial charge on any atom is -0.353 e. The normalized spacial score (nSPS) is 20.4. The molecule has 4 heterocycles. The van der Waals surface area contributed by atoms with E-state index in [4.69, 9.17) is 0 Å². The van der Waals surface area contributed by atoms with Gasteiger partial charge in [-0.05, 0) is 37.8 Å². The van der Waals surface area contributed by atoms with Gasteiger partial charge in [-0.3, -0.25) is 4.79 Å². The van der Waals surface area contributed by atoms with Crippen molar-refractivity contribution in [1.29, 1.82) is 0 Å². The third kappa shape index (κ3) is 4.08. The lowest BCUT2D eigenvalue weighted by molar-refractivity contribution is 0.0676. The van der Waals surface area contributed by atoms with Gasteiger partial charge in [0.2, 0.25) is 0 Å². The van der Waals surface area contributed by atoms with E-state index in [1.165, 1.54) is 6.42 Å². The largest absolute Gasteiger partial charge is 0.353 e. The number of rotatable bonds is 3. The number of amides is 1. The zero-order valence-corrected chi connectivity index (χ0v) is 16.7. The van der Waals surface area contributed by atoms with E-state index in [0.29, 0.717) is 17.4 Å². The van der Waals surface area contributed by atoms with E-state index in [1.807, 2.05) is 42.3 Å². The van der Waals surface area contributed by atoms with E-state index in [2.05, 4.69) is 31.7 Å². The highest BCUT2D eigenvalue weighted by molar-refractivity contribution is 5.93. The SMILES string of the molecule is Cc1nc(C(=O)N2CCCC(C)C2)cc(N2CCN(c3ccccn3)CC2)n1. The number of pyridine rings is 1. The molecule has 2 aromatic heterocycles. The van der Waals surface area contributed by atoms with Crippen molar-refractivity contribution in [1.82, 2.24) is 19.9 Å². The number of likely N-dealkylation sites (tertiary alicyclic amines) is 1. The fraction of sp³-hybridized carbons (Fsp3) is 0.524. The fourth-order valence-electron chi connectivity index (χ4n) is 4.06. The lowest BCUT2D eigenvalue weighted by atomic mass is 10.00. The predicted molar refractivity (Wildman–Crippen MR) is 110 cm³/mol. The average Bonchev–Trinajstić information content (AvgIpc) is 2.73. The molecular weight excluding hydrogens is 352 g/mol. The van der Waals surface area contributed by atoms with E-state index in [9.17, 15) is 4.79 Å². The first-order valence-corrected chi connectivity index (χ1v) is 10.2. The molecule has 28 heavy (non-hydrogen) atoms. The number of nitrogens with zero attached hydrogens (tertiary/aromatic N) is 6. The van der Waals surface area contributed by atoms with Crippen LogP contribution in [-0.4, -0.2) is 65.0 Å². The molecule has 2 saturated heterocycles. The first kappa shape index (κ1) is 18.7. The molecule has 0 aliphatic carbocycles. The van der Waals surface area contributed by atoms with E-state index >= 15 is 0 Å².